The lowest BCUT2D eigenvalue weighted by Crippen LogP contribution is -2.29. The number of aromatic nitrogens is 4. The SMILES string of the molecule is CC(C)(O)CNc1cc(Nc2cncc(C#N)c2)nc(-c2cccc(C(F)(F)F)n2)n1. The third-order valence-corrected chi connectivity index (χ3v) is 3.84. The van der Waals surface area contributed by atoms with Crippen LogP contribution in [0.25, 0.3) is 11.5 Å². The minimum atomic E-state index is -4.61. The van der Waals surface area contributed by atoms with E-state index in [0.717, 1.165) is 6.07 Å². The number of nitrogens with zero attached hydrogens (tertiary/aromatic N) is 5. The highest BCUT2D eigenvalue weighted by molar-refractivity contribution is 5.64. The standard InChI is InChI=1S/C20H18F3N7O/c1-19(2,31)11-26-16-7-17(27-13-6-12(8-24)9-25-10-13)30-18(29-16)14-4-3-5-15(28-14)20(21,22)23/h3-7,9-10,31H,11H2,1-2H3,(H2,26,27,29,30). The van der Waals surface area contributed by atoms with E-state index in [-0.39, 0.29) is 29.7 Å². The van der Waals surface area contributed by atoms with Gasteiger partial charge in [0, 0.05) is 18.8 Å². The van der Waals surface area contributed by atoms with E-state index < -0.39 is 17.5 Å². The highest BCUT2D eigenvalue weighted by Gasteiger charge is 2.32. The van der Waals surface area contributed by atoms with Crippen molar-refractivity contribution in [2.75, 3.05) is 17.2 Å². The molecule has 3 aromatic rings. The lowest BCUT2D eigenvalue weighted by molar-refractivity contribution is -0.141. The van der Waals surface area contributed by atoms with Gasteiger partial charge in [-0.3, -0.25) is 4.98 Å². The number of alkyl halides is 3. The summed E-state index contributed by atoms with van der Waals surface area (Å²) in [5.74, 6) is 0.441. The molecule has 0 unspecified atom stereocenters. The maximum atomic E-state index is 13.1. The van der Waals surface area contributed by atoms with Crippen molar-refractivity contribution in [1.82, 2.24) is 19.9 Å². The fourth-order valence-electron chi connectivity index (χ4n) is 2.46. The monoisotopic (exact) mass is 429 g/mol. The van der Waals surface area contributed by atoms with Crippen molar-refractivity contribution in [2.45, 2.75) is 25.6 Å². The molecule has 3 rings (SSSR count). The van der Waals surface area contributed by atoms with Crippen molar-refractivity contribution < 1.29 is 18.3 Å². The maximum absolute atomic E-state index is 13.1. The number of aliphatic hydroxyl groups is 1. The molecule has 0 radical (unpaired) electrons. The van der Waals surface area contributed by atoms with Crippen LogP contribution in [-0.4, -0.2) is 37.2 Å². The molecule has 160 valence electrons. The first kappa shape index (κ1) is 21.9. The molecule has 0 aromatic carbocycles. The van der Waals surface area contributed by atoms with Crippen LogP contribution in [0.2, 0.25) is 0 Å². The fourth-order valence-corrected chi connectivity index (χ4v) is 2.46. The van der Waals surface area contributed by atoms with Crippen molar-refractivity contribution in [1.29, 1.82) is 5.26 Å². The van der Waals surface area contributed by atoms with Crippen LogP contribution in [0, 0.1) is 11.3 Å². The Balaban J connectivity index is 2.02. The summed E-state index contributed by atoms with van der Waals surface area (Å²) in [6.07, 6.45) is -1.76. The molecule has 0 bridgehead atoms. The van der Waals surface area contributed by atoms with E-state index in [1.807, 2.05) is 6.07 Å². The molecule has 0 fully saturated rings. The molecule has 0 amide bonds. The summed E-state index contributed by atoms with van der Waals surface area (Å²) in [5.41, 5.74) is -1.43. The summed E-state index contributed by atoms with van der Waals surface area (Å²) < 4.78 is 39.2. The van der Waals surface area contributed by atoms with Crippen LogP contribution in [0.4, 0.5) is 30.5 Å². The second-order valence-electron chi connectivity index (χ2n) is 7.23. The van der Waals surface area contributed by atoms with Gasteiger partial charge in [-0.15, -0.1) is 0 Å². The van der Waals surface area contributed by atoms with Crippen molar-refractivity contribution >= 4 is 17.3 Å². The zero-order valence-electron chi connectivity index (χ0n) is 16.6. The normalized spacial score (nSPS) is 11.6. The Morgan fingerprint density at radius 3 is 2.48 bits per heavy atom. The third kappa shape index (κ3) is 6.10. The van der Waals surface area contributed by atoms with E-state index >= 15 is 0 Å². The molecule has 0 aliphatic rings. The average Bonchev–Trinajstić information content (AvgIpc) is 2.71. The Morgan fingerprint density at radius 2 is 1.81 bits per heavy atom. The number of pyridine rings is 2. The first-order chi connectivity index (χ1) is 14.5. The lowest BCUT2D eigenvalue weighted by atomic mass is 10.1. The Hall–Kier alpha value is -3.78. The predicted molar refractivity (Wildman–Crippen MR) is 107 cm³/mol. The van der Waals surface area contributed by atoms with E-state index in [1.165, 1.54) is 30.6 Å². The highest BCUT2D eigenvalue weighted by Crippen LogP contribution is 2.29. The lowest BCUT2D eigenvalue weighted by Gasteiger charge is -2.19. The van der Waals surface area contributed by atoms with Gasteiger partial charge in [0.2, 0.25) is 0 Å². The number of nitrogens with one attached hydrogen (secondary N) is 2. The smallest absolute Gasteiger partial charge is 0.389 e. The molecule has 3 heterocycles. The summed E-state index contributed by atoms with van der Waals surface area (Å²) in [7, 11) is 0. The zero-order chi connectivity index (χ0) is 22.6. The zero-order valence-corrected chi connectivity index (χ0v) is 16.6. The topological polar surface area (TPSA) is 120 Å². The fraction of sp³-hybridized carbons (Fsp3) is 0.250. The molecule has 31 heavy (non-hydrogen) atoms. The maximum Gasteiger partial charge on any atom is 0.433 e. The van der Waals surface area contributed by atoms with Crippen LogP contribution < -0.4 is 10.6 Å². The van der Waals surface area contributed by atoms with Crippen molar-refractivity contribution in [3.8, 4) is 17.6 Å². The van der Waals surface area contributed by atoms with Crippen LogP contribution in [0.15, 0.2) is 42.7 Å². The Bertz CT molecular complexity index is 1120. The number of anilines is 3. The van der Waals surface area contributed by atoms with Crippen molar-refractivity contribution in [2.24, 2.45) is 0 Å². The summed E-state index contributed by atoms with van der Waals surface area (Å²) in [6.45, 7) is 3.31. The van der Waals surface area contributed by atoms with Gasteiger partial charge in [-0.2, -0.15) is 18.4 Å². The molecular formula is C20H18F3N7O. The third-order valence-electron chi connectivity index (χ3n) is 3.84. The molecule has 0 spiro atoms. The van der Waals surface area contributed by atoms with Gasteiger partial charge in [-0.05, 0) is 32.0 Å². The van der Waals surface area contributed by atoms with Gasteiger partial charge in [0.1, 0.15) is 29.1 Å². The highest BCUT2D eigenvalue weighted by atomic mass is 19.4. The molecule has 0 aliphatic heterocycles. The van der Waals surface area contributed by atoms with Gasteiger partial charge in [0.15, 0.2) is 5.82 Å². The van der Waals surface area contributed by atoms with E-state index in [4.69, 9.17) is 5.26 Å². The molecule has 0 saturated carbocycles. The predicted octanol–water partition coefficient (Wildman–Crippen LogP) is 3.75. The number of hydrogen-bond acceptors (Lipinski definition) is 8. The van der Waals surface area contributed by atoms with Crippen molar-refractivity contribution in [3.05, 3.63) is 54.0 Å². The molecule has 8 nitrogen and oxygen atoms in total. The van der Waals surface area contributed by atoms with E-state index in [9.17, 15) is 18.3 Å². The van der Waals surface area contributed by atoms with Gasteiger partial charge in [0.05, 0.1) is 23.0 Å². The minimum absolute atomic E-state index is 0.0567. The van der Waals surface area contributed by atoms with Gasteiger partial charge in [-0.1, -0.05) is 6.07 Å². The van der Waals surface area contributed by atoms with Crippen LogP contribution in [0.1, 0.15) is 25.1 Å². The van der Waals surface area contributed by atoms with E-state index in [0.29, 0.717) is 11.3 Å². The van der Waals surface area contributed by atoms with Gasteiger partial charge >= 0.3 is 6.18 Å². The number of rotatable bonds is 6. The van der Waals surface area contributed by atoms with Gasteiger partial charge in [-0.25, -0.2) is 15.0 Å². The summed E-state index contributed by atoms with van der Waals surface area (Å²) >= 11 is 0. The summed E-state index contributed by atoms with van der Waals surface area (Å²) in [4.78, 5) is 16.1. The van der Waals surface area contributed by atoms with Gasteiger partial charge < -0.3 is 15.7 Å². The van der Waals surface area contributed by atoms with Gasteiger partial charge in [0.25, 0.3) is 0 Å². The largest absolute Gasteiger partial charge is 0.433 e. The average molecular weight is 429 g/mol. The minimum Gasteiger partial charge on any atom is -0.389 e. The number of nitriles is 1. The van der Waals surface area contributed by atoms with E-state index in [2.05, 4.69) is 30.6 Å². The number of halogens is 3. The Kier molecular flexibility index (Phi) is 6.03. The van der Waals surface area contributed by atoms with Crippen LogP contribution >= 0.6 is 0 Å². The Morgan fingerprint density at radius 1 is 1.06 bits per heavy atom. The quantitative estimate of drug-likeness (QED) is 0.542. The second-order valence-corrected chi connectivity index (χ2v) is 7.23. The first-order valence-electron chi connectivity index (χ1n) is 9.06. The molecule has 3 aromatic heterocycles. The first-order valence-corrected chi connectivity index (χ1v) is 9.06. The molecule has 11 heteroatoms. The van der Waals surface area contributed by atoms with E-state index in [1.54, 1.807) is 19.9 Å². The van der Waals surface area contributed by atoms with Crippen LogP contribution in [-0.2, 0) is 6.18 Å². The Labute approximate surface area is 175 Å². The van der Waals surface area contributed by atoms with Crippen LogP contribution in [0.5, 0.6) is 0 Å². The van der Waals surface area contributed by atoms with Crippen molar-refractivity contribution in [3.63, 3.8) is 0 Å². The molecule has 0 atom stereocenters. The van der Waals surface area contributed by atoms with Crippen LogP contribution in [0.3, 0.4) is 0 Å². The summed E-state index contributed by atoms with van der Waals surface area (Å²) in [5, 5.41) is 24.9. The molecule has 3 N–H and O–H groups in total. The summed E-state index contributed by atoms with van der Waals surface area (Å²) in [6, 6.07) is 8.47. The second kappa shape index (κ2) is 8.53. The molecule has 0 saturated heterocycles. The number of hydrogen-bond donors (Lipinski definition) is 3. The molecule has 0 aliphatic carbocycles. The molecular weight excluding hydrogens is 411 g/mol.